The number of anilines is 1. The van der Waals surface area contributed by atoms with E-state index >= 15 is 0 Å². The van der Waals surface area contributed by atoms with E-state index in [1.54, 1.807) is 13.0 Å². The van der Waals surface area contributed by atoms with Crippen LogP contribution < -0.4 is 11.0 Å². The Bertz CT molecular complexity index is 1440. The van der Waals surface area contributed by atoms with E-state index in [0.717, 1.165) is 37.6 Å². The normalized spacial score (nSPS) is 16.1. The van der Waals surface area contributed by atoms with E-state index in [0.29, 0.717) is 34.6 Å². The van der Waals surface area contributed by atoms with E-state index in [2.05, 4.69) is 35.0 Å². The molecule has 0 spiro atoms. The van der Waals surface area contributed by atoms with E-state index in [9.17, 15) is 22.4 Å². The summed E-state index contributed by atoms with van der Waals surface area (Å²) in [6, 6.07) is 5.65. The van der Waals surface area contributed by atoms with Gasteiger partial charge in [-0.05, 0) is 76.4 Å². The third-order valence-corrected chi connectivity index (χ3v) is 7.54. The van der Waals surface area contributed by atoms with Gasteiger partial charge in [-0.3, -0.25) is 4.57 Å². The monoisotopic (exact) mass is 548 g/mol. The van der Waals surface area contributed by atoms with Gasteiger partial charge in [0.05, 0.1) is 11.1 Å². The molecule has 0 unspecified atom stereocenters. The number of fused-ring (bicyclic) bond motifs is 1. The predicted octanol–water partition coefficient (Wildman–Crippen LogP) is 6.60. The van der Waals surface area contributed by atoms with Crippen molar-refractivity contribution in [3.63, 3.8) is 0 Å². The lowest BCUT2D eigenvalue weighted by atomic mass is 9.88. The number of nitrogens with zero attached hydrogens (tertiary/aromatic N) is 3. The molecule has 10 heteroatoms. The molecule has 0 amide bonds. The summed E-state index contributed by atoms with van der Waals surface area (Å²) < 4.78 is 56.3. The van der Waals surface area contributed by atoms with Crippen LogP contribution in [0.15, 0.2) is 35.1 Å². The van der Waals surface area contributed by atoms with E-state index in [1.165, 1.54) is 10.6 Å². The average molecular weight is 549 g/mol. The van der Waals surface area contributed by atoms with Gasteiger partial charge in [-0.25, -0.2) is 9.18 Å². The minimum absolute atomic E-state index is 0.0620. The molecule has 38 heavy (non-hydrogen) atoms. The number of alkyl halides is 3. The maximum atomic E-state index is 14.9. The van der Waals surface area contributed by atoms with Gasteiger partial charge in [0.1, 0.15) is 17.7 Å². The molecular weight excluding hydrogens is 520 g/mol. The number of rotatable bonds is 6. The number of aromatic nitrogens is 2. The predicted molar refractivity (Wildman–Crippen MR) is 142 cm³/mol. The first kappa shape index (κ1) is 27.9. The van der Waals surface area contributed by atoms with Gasteiger partial charge in [0.2, 0.25) is 0 Å². The molecule has 4 rings (SSSR count). The number of nitrogens with one attached hydrogen (secondary N) is 1. The second-order valence-corrected chi connectivity index (χ2v) is 10.1. The number of hydrogen-bond donors (Lipinski definition) is 1. The van der Waals surface area contributed by atoms with Crippen molar-refractivity contribution in [2.75, 3.05) is 18.4 Å². The summed E-state index contributed by atoms with van der Waals surface area (Å²) in [4.78, 5) is 19.4. The molecule has 5 nitrogen and oxygen atoms in total. The van der Waals surface area contributed by atoms with Crippen LogP contribution in [0.1, 0.15) is 62.3 Å². The molecule has 1 N–H and O–H groups in total. The smallest absolute Gasteiger partial charge is 0.352 e. The Kier molecular flexibility index (Phi) is 8.05. The van der Waals surface area contributed by atoms with E-state index in [-0.39, 0.29) is 17.3 Å². The van der Waals surface area contributed by atoms with Gasteiger partial charge in [-0.1, -0.05) is 29.7 Å². The summed E-state index contributed by atoms with van der Waals surface area (Å²) in [6.45, 7) is 8.27. The van der Waals surface area contributed by atoms with E-state index in [1.807, 2.05) is 6.07 Å². The van der Waals surface area contributed by atoms with Gasteiger partial charge in [0.25, 0.3) is 0 Å². The highest BCUT2D eigenvalue weighted by atomic mass is 35.5. The number of hydrogen-bond acceptors (Lipinski definition) is 4. The van der Waals surface area contributed by atoms with Crippen molar-refractivity contribution >= 4 is 28.3 Å². The van der Waals surface area contributed by atoms with Gasteiger partial charge in [0, 0.05) is 28.6 Å². The third-order valence-electron chi connectivity index (χ3n) is 7.21. The molecule has 3 aromatic rings. The number of likely N-dealkylation sites (tertiary alicyclic amines) is 1. The molecule has 1 aliphatic rings. The van der Waals surface area contributed by atoms with Crippen LogP contribution in [-0.2, 0) is 12.7 Å². The standard InChI is InChI=1S/C28H29ClF4N4O/c1-5-23(18-8-7-9-21(25(18)30)28(31,32)33)34-26-20-14-19(17-10-12-36(13-11-17)16(3)4)22(29)15-24(20)37(6-2)27(38)35-26/h1,7-9,14-17,23H,6,10-13H2,2-4H3,(H,34,35,38)/t23-/m1/s1. The molecule has 1 fully saturated rings. The Balaban J connectivity index is 1.80. The van der Waals surface area contributed by atoms with E-state index in [4.69, 9.17) is 18.0 Å². The van der Waals surface area contributed by atoms with Gasteiger partial charge in [-0.2, -0.15) is 18.2 Å². The van der Waals surface area contributed by atoms with Crippen molar-refractivity contribution in [2.45, 2.75) is 64.3 Å². The third kappa shape index (κ3) is 5.38. The van der Waals surface area contributed by atoms with Gasteiger partial charge in [0.15, 0.2) is 0 Å². The molecule has 1 atom stereocenters. The fourth-order valence-corrected chi connectivity index (χ4v) is 5.42. The maximum Gasteiger partial charge on any atom is 0.419 e. The molecule has 0 saturated carbocycles. The zero-order valence-corrected chi connectivity index (χ0v) is 22.1. The molecule has 1 saturated heterocycles. The summed E-state index contributed by atoms with van der Waals surface area (Å²) in [6.07, 6.45) is 2.54. The molecule has 0 radical (unpaired) electrons. The first-order chi connectivity index (χ1) is 18.0. The largest absolute Gasteiger partial charge is 0.419 e. The molecule has 202 valence electrons. The fraction of sp³-hybridized carbons (Fsp3) is 0.429. The van der Waals surface area contributed by atoms with Crippen molar-refractivity contribution in [3.8, 4) is 12.3 Å². The van der Waals surface area contributed by atoms with Crippen LogP contribution >= 0.6 is 11.6 Å². The van der Waals surface area contributed by atoms with E-state index < -0.39 is 29.3 Å². The van der Waals surface area contributed by atoms with Gasteiger partial charge < -0.3 is 10.2 Å². The topological polar surface area (TPSA) is 50.2 Å². The first-order valence-corrected chi connectivity index (χ1v) is 12.9. The minimum Gasteiger partial charge on any atom is -0.352 e. The Morgan fingerprint density at radius 1 is 1.24 bits per heavy atom. The summed E-state index contributed by atoms with van der Waals surface area (Å²) >= 11 is 6.72. The lowest BCUT2D eigenvalue weighted by Crippen LogP contribution is -2.37. The number of terminal acetylenes is 1. The first-order valence-electron chi connectivity index (χ1n) is 12.5. The Morgan fingerprint density at radius 3 is 2.50 bits per heavy atom. The molecule has 0 aliphatic carbocycles. The van der Waals surface area contributed by atoms with Gasteiger partial charge in [-0.15, -0.1) is 6.42 Å². The van der Waals surface area contributed by atoms with Crippen LogP contribution in [0.2, 0.25) is 5.02 Å². The van der Waals surface area contributed by atoms with Crippen LogP contribution in [0, 0.1) is 18.2 Å². The van der Waals surface area contributed by atoms with Crippen LogP contribution in [0.5, 0.6) is 0 Å². The number of halogens is 5. The summed E-state index contributed by atoms with van der Waals surface area (Å²) in [7, 11) is 0. The number of benzene rings is 2. The fourth-order valence-electron chi connectivity index (χ4n) is 5.10. The zero-order valence-electron chi connectivity index (χ0n) is 21.4. The molecular formula is C28H29ClF4N4O. The molecule has 1 aromatic heterocycles. The van der Waals surface area contributed by atoms with Crippen molar-refractivity contribution in [3.05, 3.63) is 68.3 Å². The average Bonchev–Trinajstić information content (AvgIpc) is 2.86. The maximum absolute atomic E-state index is 14.9. The lowest BCUT2D eigenvalue weighted by Gasteiger charge is -2.35. The van der Waals surface area contributed by atoms with Crippen LogP contribution in [0.4, 0.5) is 23.4 Å². The van der Waals surface area contributed by atoms with Crippen molar-refractivity contribution in [1.29, 1.82) is 0 Å². The Hall–Kier alpha value is -3.09. The van der Waals surface area contributed by atoms with Crippen molar-refractivity contribution in [2.24, 2.45) is 0 Å². The highest BCUT2D eigenvalue weighted by molar-refractivity contribution is 6.32. The zero-order chi connectivity index (χ0) is 27.8. The van der Waals surface area contributed by atoms with Crippen LogP contribution in [-0.4, -0.2) is 33.6 Å². The number of piperidine rings is 1. The van der Waals surface area contributed by atoms with Crippen LogP contribution in [0.25, 0.3) is 10.9 Å². The minimum atomic E-state index is -4.89. The molecule has 1 aliphatic heterocycles. The highest BCUT2D eigenvalue weighted by Crippen LogP contribution is 2.38. The lowest BCUT2D eigenvalue weighted by molar-refractivity contribution is -0.140. The Morgan fingerprint density at radius 2 is 1.92 bits per heavy atom. The van der Waals surface area contributed by atoms with Crippen molar-refractivity contribution < 1.29 is 17.6 Å². The second-order valence-electron chi connectivity index (χ2n) is 9.73. The molecule has 2 aromatic carbocycles. The molecule has 2 heterocycles. The SMILES string of the molecule is C#C[C@@H](Nc1nc(=O)n(CC)c2cc(Cl)c(C3CCN(C(C)C)CC3)cc12)c1cccc(C(F)(F)F)c1F. The van der Waals surface area contributed by atoms with Gasteiger partial charge >= 0.3 is 11.9 Å². The number of aryl methyl sites for hydroxylation is 1. The second kappa shape index (κ2) is 11.0. The summed E-state index contributed by atoms with van der Waals surface area (Å²) in [5, 5.41) is 3.91. The Labute approximate surface area is 223 Å². The molecule has 0 bridgehead atoms. The summed E-state index contributed by atoms with van der Waals surface area (Å²) in [5.41, 5.74) is -0.970. The highest BCUT2D eigenvalue weighted by Gasteiger charge is 2.36. The van der Waals surface area contributed by atoms with Crippen LogP contribution in [0.3, 0.4) is 0 Å². The quantitative estimate of drug-likeness (QED) is 0.278. The van der Waals surface area contributed by atoms with Crippen molar-refractivity contribution in [1.82, 2.24) is 14.5 Å². The summed E-state index contributed by atoms with van der Waals surface area (Å²) in [5.74, 6) is 1.08.